The van der Waals surface area contributed by atoms with Gasteiger partial charge in [0.2, 0.25) is 5.78 Å². The van der Waals surface area contributed by atoms with Crippen molar-refractivity contribution >= 4 is 34.0 Å². The van der Waals surface area contributed by atoms with Crippen molar-refractivity contribution in [3.8, 4) is 0 Å². The van der Waals surface area contributed by atoms with Crippen LogP contribution >= 0.6 is 11.3 Å². The van der Waals surface area contributed by atoms with Gasteiger partial charge in [0.1, 0.15) is 0 Å². The molecule has 0 spiro atoms. The molecule has 6 nitrogen and oxygen atoms in total. The zero-order valence-electron chi connectivity index (χ0n) is 17.0. The molecule has 0 bridgehead atoms. The van der Waals surface area contributed by atoms with Crippen LogP contribution in [0.3, 0.4) is 0 Å². The summed E-state index contributed by atoms with van der Waals surface area (Å²) in [6.45, 7) is 2.30. The molecule has 7 heteroatoms. The highest BCUT2D eigenvalue weighted by molar-refractivity contribution is 7.07. The van der Waals surface area contributed by atoms with E-state index in [0.717, 1.165) is 27.9 Å². The fourth-order valence-corrected chi connectivity index (χ4v) is 4.32. The van der Waals surface area contributed by atoms with Crippen LogP contribution in [0.2, 0.25) is 0 Å². The lowest BCUT2D eigenvalue weighted by Gasteiger charge is -2.17. The molecule has 158 valence electrons. The molecular weight excluding hydrogens is 412 g/mol. The maximum absolute atomic E-state index is 13.4. The van der Waals surface area contributed by atoms with Crippen LogP contribution in [0, 0.1) is 6.92 Å². The Morgan fingerprint density at radius 1 is 1.10 bits per heavy atom. The van der Waals surface area contributed by atoms with Crippen LogP contribution in [0.5, 0.6) is 0 Å². The number of para-hydroxylation sites is 1. The van der Waals surface area contributed by atoms with E-state index >= 15 is 0 Å². The van der Waals surface area contributed by atoms with Gasteiger partial charge < -0.3 is 14.3 Å². The van der Waals surface area contributed by atoms with Crippen molar-refractivity contribution < 1.29 is 14.3 Å². The quantitative estimate of drug-likeness (QED) is 0.323. The maximum Gasteiger partial charge on any atom is 0.307 e. The Morgan fingerprint density at radius 3 is 2.58 bits per heavy atom. The van der Waals surface area contributed by atoms with Crippen LogP contribution in [0.4, 0.5) is 0 Å². The number of nitrogens with one attached hydrogen (secondary N) is 1. The van der Waals surface area contributed by atoms with E-state index in [1.54, 1.807) is 28.3 Å². The second-order valence-electron chi connectivity index (χ2n) is 7.29. The van der Waals surface area contributed by atoms with Crippen molar-refractivity contribution in [2.45, 2.75) is 32.4 Å². The van der Waals surface area contributed by atoms with Gasteiger partial charge in [-0.1, -0.05) is 59.9 Å². The van der Waals surface area contributed by atoms with E-state index in [9.17, 15) is 14.4 Å². The Morgan fingerprint density at radius 2 is 1.84 bits per heavy atom. The van der Waals surface area contributed by atoms with Gasteiger partial charge in [-0.25, -0.2) is 0 Å². The second-order valence-corrected chi connectivity index (χ2v) is 8.11. The van der Waals surface area contributed by atoms with E-state index in [1.165, 1.54) is 0 Å². The van der Waals surface area contributed by atoms with Gasteiger partial charge >= 0.3 is 10.8 Å². The van der Waals surface area contributed by atoms with Crippen LogP contribution in [0.15, 0.2) is 71.0 Å². The molecule has 0 amide bonds. The summed E-state index contributed by atoms with van der Waals surface area (Å²) in [6, 6.07) is 16.5. The SMILES string of the molecule is Cc1csc(=O)n1CCCC(=O)OC(C(=O)c1c[nH]c2ccccc12)c1ccccc1. The maximum atomic E-state index is 13.4. The first kappa shape index (κ1) is 20.8. The molecule has 0 saturated carbocycles. The monoisotopic (exact) mass is 434 g/mol. The Hall–Kier alpha value is -3.45. The fraction of sp³-hybridized carbons (Fsp3) is 0.208. The number of Topliss-reactive ketones (excluding diaryl/α,β-unsaturated/α-hetero) is 1. The molecule has 0 saturated heterocycles. The normalized spacial score (nSPS) is 12.0. The Bertz CT molecular complexity index is 1270. The molecule has 1 unspecified atom stereocenters. The summed E-state index contributed by atoms with van der Waals surface area (Å²) in [4.78, 5) is 40.8. The standard InChI is InChI=1S/C24H22N2O4S/c1-16-15-31-24(29)26(16)13-7-12-21(27)30-23(17-8-3-2-4-9-17)22(28)19-14-25-20-11-6-5-10-18(19)20/h2-6,8-11,14-15,23,25H,7,12-13H2,1H3. The molecule has 1 N–H and O–H groups in total. The van der Waals surface area contributed by atoms with Crippen LogP contribution < -0.4 is 4.87 Å². The van der Waals surface area contributed by atoms with Gasteiger partial charge in [0.25, 0.3) is 0 Å². The molecule has 4 aromatic rings. The third kappa shape index (κ3) is 4.51. The van der Waals surface area contributed by atoms with Gasteiger partial charge in [-0.3, -0.25) is 14.4 Å². The smallest absolute Gasteiger partial charge is 0.307 e. The number of H-pyrrole nitrogens is 1. The summed E-state index contributed by atoms with van der Waals surface area (Å²) < 4.78 is 7.31. The number of carbonyl (C=O) groups excluding carboxylic acids is 2. The van der Waals surface area contributed by atoms with E-state index in [4.69, 9.17) is 4.74 Å². The first-order valence-electron chi connectivity index (χ1n) is 10.0. The molecule has 2 aromatic carbocycles. The minimum absolute atomic E-state index is 0.0393. The number of nitrogens with zero attached hydrogens (tertiary/aromatic N) is 1. The Balaban J connectivity index is 1.51. The second kappa shape index (κ2) is 9.14. The Kier molecular flexibility index (Phi) is 6.13. The number of carbonyl (C=O) groups is 2. The molecule has 0 aliphatic carbocycles. The summed E-state index contributed by atoms with van der Waals surface area (Å²) in [7, 11) is 0. The van der Waals surface area contributed by atoms with Crippen molar-refractivity contribution in [3.05, 3.63) is 92.7 Å². The van der Waals surface area contributed by atoms with E-state index in [1.807, 2.05) is 49.4 Å². The van der Waals surface area contributed by atoms with Gasteiger partial charge in [0.05, 0.1) is 0 Å². The van der Waals surface area contributed by atoms with Gasteiger partial charge in [-0.15, -0.1) is 0 Å². The van der Waals surface area contributed by atoms with E-state index in [-0.39, 0.29) is 17.1 Å². The lowest BCUT2D eigenvalue weighted by molar-refractivity contribution is -0.147. The number of aromatic amines is 1. The predicted octanol–water partition coefficient (Wildman–Crippen LogP) is 4.65. The van der Waals surface area contributed by atoms with Crippen LogP contribution in [0.1, 0.15) is 40.6 Å². The average molecular weight is 435 g/mol. The fourth-order valence-electron chi connectivity index (χ4n) is 3.56. The minimum Gasteiger partial charge on any atom is -0.449 e. The van der Waals surface area contributed by atoms with Crippen LogP contribution in [-0.4, -0.2) is 21.3 Å². The van der Waals surface area contributed by atoms with Gasteiger partial charge in [-0.2, -0.15) is 0 Å². The number of aryl methyl sites for hydroxylation is 1. The molecule has 31 heavy (non-hydrogen) atoms. The molecular formula is C24H22N2O4S. The van der Waals surface area contributed by atoms with Gasteiger partial charge in [0.15, 0.2) is 6.10 Å². The lowest BCUT2D eigenvalue weighted by atomic mass is 9.99. The number of hydrogen-bond donors (Lipinski definition) is 1. The van der Waals surface area contributed by atoms with Crippen molar-refractivity contribution in [1.82, 2.24) is 9.55 Å². The van der Waals surface area contributed by atoms with Crippen LogP contribution in [0.25, 0.3) is 10.9 Å². The number of aromatic nitrogens is 2. The highest BCUT2D eigenvalue weighted by atomic mass is 32.1. The predicted molar refractivity (Wildman–Crippen MR) is 120 cm³/mol. The average Bonchev–Trinajstić information content (AvgIpc) is 3.36. The number of benzene rings is 2. The molecule has 0 radical (unpaired) electrons. The molecule has 2 heterocycles. The minimum atomic E-state index is -1.03. The van der Waals surface area contributed by atoms with Crippen molar-refractivity contribution in [3.63, 3.8) is 0 Å². The third-order valence-electron chi connectivity index (χ3n) is 5.18. The zero-order valence-corrected chi connectivity index (χ0v) is 17.9. The lowest BCUT2D eigenvalue weighted by Crippen LogP contribution is -2.21. The highest BCUT2D eigenvalue weighted by Gasteiger charge is 2.28. The van der Waals surface area contributed by atoms with Gasteiger partial charge in [0, 0.05) is 52.3 Å². The summed E-state index contributed by atoms with van der Waals surface area (Å²) in [5, 5.41) is 2.59. The molecule has 0 fully saturated rings. The summed E-state index contributed by atoms with van der Waals surface area (Å²) in [6.07, 6.45) is 1.20. The van der Waals surface area contributed by atoms with E-state index in [0.29, 0.717) is 24.1 Å². The first-order valence-corrected chi connectivity index (χ1v) is 10.9. The number of esters is 1. The van der Waals surface area contributed by atoms with Crippen molar-refractivity contribution in [2.75, 3.05) is 0 Å². The van der Waals surface area contributed by atoms with E-state index < -0.39 is 12.1 Å². The first-order chi connectivity index (χ1) is 15.0. The topological polar surface area (TPSA) is 81.2 Å². The van der Waals surface area contributed by atoms with Gasteiger partial charge in [-0.05, 0) is 19.4 Å². The van der Waals surface area contributed by atoms with Crippen LogP contribution in [-0.2, 0) is 16.1 Å². The molecule has 2 aromatic heterocycles. The number of rotatable bonds is 8. The number of hydrogen-bond acceptors (Lipinski definition) is 5. The number of fused-ring (bicyclic) bond motifs is 1. The van der Waals surface area contributed by atoms with Crippen molar-refractivity contribution in [1.29, 1.82) is 0 Å². The summed E-state index contributed by atoms with van der Waals surface area (Å²) >= 11 is 1.14. The number of ketones is 1. The summed E-state index contributed by atoms with van der Waals surface area (Å²) in [5.41, 5.74) is 2.83. The molecule has 0 aliphatic heterocycles. The number of ether oxygens (including phenoxy) is 1. The van der Waals surface area contributed by atoms with Crippen molar-refractivity contribution in [2.24, 2.45) is 0 Å². The number of thiazole rings is 1. The summed E-state index contributed by atoms with van der Waals surface area (Å²) in [5.74, 6) is -0.745. The molecule has 0 aliphatic rings. The Labute approximate surface area is 183 Å². The largest absolute Gasteiger partial charge is 0.449 e. The third-order valence-corrected chi connectivity index (χ3v) is 6.06. The zero-order chi connectivity index (χ0) is 21.8. The molecule has 4 rings (SSSR count). The van der Waals surface area contributed by atoms with E-state index in [2.05, 4.69) is 4.98 Å². The highest BCUT2D eigenvalue weighted by Crippen LogP contribution is 2.27. The molecule has 1 atom stereocenters.